The standard InChI is InChI=1S/C14H17NO3/c16-14-4-2-10-1-3-12(9-13(10)15-14)18-11-5-7-17-8-6-11/h1,3,9,11H,2,4-8H2,(H,15,16). The number of hydrogen-bond donors (Lipinski definition) is 1. The molecule has 0 spiro atoms. The highest BCUT2D eigenvalue weighted by Gasteiger charge is 2.18. The molecule has 1 aromatic carbocycles. The third-order valence-electron chi connectivity index (χ3n) is 3.45. The molecule has 0 atom stereocenters. The lowest BCUT2D eigenvalue weighted by Gasteiger charge is -2.24. The number of fused-ring (bicyclic) bond motifs is 1. The van der Waals surface area contributed by atoms with Crippen molar-refractivity contribution < 1.29 is 14.3 Å². The summed E-state index contributed by atoms with van der Waals surface area (Å²) >= 11 is 0. The molecule has 0 aliphatic carbocycles. The second-order valence-electron chi connectivity index (χ2n) is 4.80. The maximum atomic E-state index is 11.4. The van der Waals surface area contributed by atoms with Crippen molar-refractivity contribution in [1.29, 1.82) is 0 Å². The Balaban J connectivity index is 1.73. The Morgan fingerprint density at radius 2 is 2.06 bits per heavy atom. The van der Waals surface area contributed by atoms with E-state index in [0.29, 0.717) is 6.42 Å². The predicted octanol–water partition coefficient (Wildman–Crippen LogP) is 2.13. The van der Waals surface area contributed by atoms with E-state index >= 15 is 0 Å². The van der Waals surface area contributed by atoms with Crippen LogP contribution in [0.5, 0.6) is 5.75 Å². The minimum absolute atomic E-state index is 0.0886. The van der Waals surface area contributed by atoms with Gasteiger partial charge in [0.2, 0.25) is 5.91 Å². The zero-order valence-electron chi connectivity index (χ0n) is 10.3. The summed E-state index contributed by atoms with van der Waals surface area (Å²) in [6.07, 6.45) is 3.50. The number of hydrogen-bond acceptors (Lipinski definition) is 3. The molecule has 96 valence electrons. The first-order chi connectivity index (χ1) is 8.81. The van der Waals surface area contributed by atoms with Crippen LogP contribution in [0, 0.1) is 0 Å². The van der Waals surface area contributed by atoms with Crippen LogP contribution in [0.3, 0.4) is 0 Å². The zero-order chi connectivity index (χ0) is 12.4. The minimum atomic E-state index is 0.0886. The van der Waals surface area contributed by atoms with Gasteiger partial charge in [0.05, 0.1) is 13.2 Å². The van der Waals surface area contributed by atoms with Gasteiger partial charge in [0.15, 0.2) is 0 Å². The number of carbonyl (C=O) groups excluding carboxylic acids is 1. The Morgan fingerprint density at radius 1 is 1.22 bits per heavy atom. The average molecular weight is 247 g/mol. The second kappa shape index (κ2) is 4.98. The fourth-order valence-corrected chi connectivity index (χ4v) is 2.41. The summed E-state index contributed by atoms with van der Waals surface area (Å²) in [5.41, 5.74) is 2.09. The molecule has 4 heteroatoms. The van der Waals surface area contributed by atoms with Gasteiger partial charge < -0.3 is 14.8 Å². The number of ether oxygens (including phenoxy) is 2. The molecule has 2 aliphatic heterocycles. The fourth-order valence-electron chi connectivity index (χ4n) is 2.41. The zero-order valence-corrected chi connectivity index (χ0v) is 10.3. The van der Waals surface area contributed by atoms with E-state index in [-0.39, 0.29) is 12.0 Å². The first kappa shape index (κ1) is 11.5. The van der Waals surface area contributed by atoms with Crippen LogP contribution in [0.25, 0.3) is 0 Å². The third kappa shape index (κ3) is 2.48. The predicted molar refractivity (Wildman–Crippen MR) is 67.9 cm³/mol. The molecule has 0 radical (unpaired) electrons. The lowest BCUT2D eigenvalue weighted by Crippen LogP contribution is -2.26. The van der Waals surface area contributed by atoms with Gasteiger partial charge >= 0.3 is 0 Å². The fraction of sp³-hybridized carbons (Fsp3) is 0.500. The van der Waals surface area contributed by atoms with Crippen molar-refractivity contribution >= 4 is 11.6 Å². The number of carbonyl (C=O) groups is 1. The molecule has 0 saturated carbocycles. The lowest BCUT2D eigenvalue weighted by atomic mass is 10.0. The van der Waals surface area contributed by atoms with Gasteiger partial charge in [-0.2, -0.15) is 0 Å². The van der Waals surface area contributed by atoms with E-state index in [9.17, 15) is 4.79 Å². The van der Waals surface area contributed by atoms with Crippen molar-refractivity contribution in [2.75, 3.05) is 18.5 Å². The Bertz CT molecular complexity index is 452. The molecule has 0 unspecified atom stereocenters. The molecule has 1 N–H and O–H groups in total. The van der Waals surface area contributed by atoms with E-state index in [4.69, 9.17) is 9.47 Å². The highest BCUT2D eigenvalue weighted by molar-refractivity contribution is 5.94. The van der Waals surface area contributed by atoms with Crippen LogP contribution >= 0.6 is 0 Å². The maximum Gasteiger partial charge on any atom is 0.224 e. The molecule has 0 bridgehead atoms. The molecule has 1 aromatic rings. The van der Waals surface area contributed by atoms with Crippen LogP contribution in [0.15, 0.2) is 18.2 Å². The average Bonchev–Trinajstić information content (AvgIpc) is 2.39. The molecule has 2 aliphatic rings. The van der Waals surface area contributed by atoms with Gasteiger partial charge in [0, 0.05) is 31.0 Å². The Hall–Kier alpha value is -1.55. The normalized spacial score (nSPS) is 20.1. The summed E-state index contributed by atoms with van der Waals surface area (Å²) in [7, 11) is 0. The van der Waals surface area contributed by atoms with Gasteiger partial charge in [-0.15, -0.1) is 0 Å². The number of amides is 1. The molecule has 1 fully saturated rings. The van der Waals surface area contributed by atoms with Gasteiger partial charge in [0.1, 0.15) is 11.9 Å². The molecular formula is C14H17NO3. The molecule has 3 rings (SSSR count). The van der Waals surface area contributed by atoms with Gasteiger partial charge in [-0.25, -0.2) is 0 Å². The number of rotatable bonds is 2. The van der Waals surface area contributed by atoms with Gasteiger partial charge in [-0.1, -0.05) is 6.07 Å². The Kier molecular flexibility index (Phi) is 3.19. The van der Waals surface area contributed by atoms with Crippen molar-refractivity contribution in [3.63, 3.8) is 0 Å². The Morgan fingerprint density at radius 3 is 2.89 bits per heavy atom. The summed E-state index contributed by atoms with van der Waals surface area (Å²) in [4.78, 5) is 11.4. The highest BCUT2D eigenvalue weighted by Crippen LogP contribution is 2.28. The number of aryl methyl sites for hydroxylation is 1. The molecular weight excluding hydrogens is 230 g/mol. The summed E-state index contributed by atoms with van der Waals surface area (Å²) in [6, 6.07) is 5.97. The summed E-state index contributed by atoms with van der Waals surface area (Å²) in [5.74, 6) is 0.925. The lowest BCUT2D eigenvalue weighted by molar-refractivity contribution is -0.116. The number of anilines is 1. The van der Waals surface area contributed by atoms with Crippen molar-refractivity contribution in [2.24, 2.45) is 0 Å². The summed E-state index contributed by atoms with van der Waals surface area (Å²) in [6.45, 7) is 1.54. The topological polar surface area (TPSA) is 47.6 Å². The first-order valence-corrected chi connectivity index (χ1v) is 6.48. The maximum absolute atomic E-state index is 11.4. The Labute approximate surface area is 106 Å². The van der Waals surface area contributed by atoms with Crippen molar-refractivity contribution in [3.05, 3.63) is 23.8 Å². The molecule has 2 heterocycles. The van der Waals surface area contributed by atoms with Crippen LogP contribution < -0.4 is 10.1 Å². The first-order valence-electron chi connectivity index (χ1n) is 6.48. The highest BCUT2D eigenvalue weighted by atomic mass is 16.5. The monoisotopic (exact) mass is 247 g/mol. The molecule has 0 aromatic heterocycles. The number of nitrogens with one attached hydrogen (secondary N) is 1. The molecule has 4 nitrogen and oxygen atoms in total. The van der Waals surface area contributed by atoms with Crippen molar-refractivity contribution in [2.45, 2.75) is 31.8 Å². The molecule has 18 heavy (non-hydrogen) atoms. The summed E-state index contributed by atoms with van der Waals surface area (Å²) < 4.78 is 11.2. The third-order valence-corrected chi connectivity index (χ3v) is 3.45. The number of benzene rings is 1. The van der Waals surface area contributed by atoms with E-state index in [1.807, 2.05) is 18.2 Å². The molecule has 1 saturated heterocycles. The van der Waals surface area contributed by atoms with Crippen LogP contribution in [0.1, 0.15) is 24.8 Å². The smallest absolute Gasteiger partial charge is 0.224 e. The van der Waals surface area contributed by atoms with E-state index in [1.165, 1.54) is 5.56 Å². The largest absolute Gasteiger partial charge is 0.490 e. The van der Waals surface area contributed by atoms with Crippen LogP contribution in [-0.2, 0) is 16.0 Å². The van der Waals surface area contributed by atoms with Gasteiger partial charge in [-0.05, 0) is 18.1 Å². The summed E-state index contributed by atoms with van der Waals surface area (Å²) in [5, 5.41) is 2.89. The van der Waals surface area contributed by atoms with Crippen molar-refractivity contribution in [3.8, 4) is 5.75 Å². The van der Waals surface area contributed by atoms with Crippen LogP contribution in [0.2, 0.25) is 0 Å². The van der Waals surface area contributed by atoms with Crippen LogP contribution in [-0.4, -0.2) is 25.2 Å². The van der Waals surface area contributed by atoms with Crippen LogP contribution in [0.4, 0.5) is 5.69 Å². The second-order valence-corrected chi connectivity index (χ2v) is 4.80. The van der Waals surface area contributed by atoms with E-state index < -0.39 is 0 Å². The van der Waals surface area contributed by atoms with E-state index in [2.05, 4.69) is 5.32 Å². The van der Waals surface area contributed by atoms with E-state index in [0.717, 1.165) is 43.9 Å². The van der Waals surface area contributed by atoms with Gasteiger partial charge in [-0.3, -0.25) is 4.79 Å². The minimum Gasteiger partial charge on any atom is -0.490 e. The molecule has 1 amide bonds. The van der Waals surface area contributed by atoms with Gasteiger partial charge in [0.25, 0.3) is 0 Å². The van der Waals surface area contributed by atoms with E-state index in [1.54, 1.807) is 0 Å². The van der Waals surface area contributed by atoms with Crippen molar-refractivity contribution in [1.82, 2.24) is 0 Å². The SMILES string of the molecule is O=C1CCc2ccc(OC3CCOCC3)cc2N1. The quantitative estimate of drug-likeness (QED) is 0.871.